The highest BCUT2D eigenvalue weighted by molar-refractivity contribution is 5.81. The zero-order valence-electron chi connectivity index (χ0n) is 10.2. The van der Waals surface area contributed by atoms with Crippen molar-refractivity contribution in [3.05, 3.63) is 71.5 Å². The molecule has 0 aliphatic rings. The molecular formula is C17H11NO. The van der Waals surface area contributed by atoms with E-state index in [0.717, 1.165) is 22.3 Å². The molecule has 0 fully saturated rings. The molecule has 0 saturated heterocycles. The van der Waals surface area contributed by atoms with Gasteiger partial charge in [0.25, 0.3) is 0 Å². The van der Waals surface area contributed by atoms with E-state index in [2.05, 4.69) is 6.07 Å². The van der Waals surface area contributed by atoms with Gasteiger partial charge < -0.3 is 4.42 Å². The summed E-state index contributed by atoms with van der Waals surface area (Å²) in [5.74, 6) is 0.825. The SMILES string of the molecule is N#Cc1ccc(/C=C/c2cc3ccccc3o2)cc1. The number of fused-ring (bicyclic) bond motifs is 1. The lowest BCUT2D eigenvalue weighted by atomic mass is 10.1. The summed E-state index contributed by atoms with van der Waals surface area (Å²) in [5.41, 5.74) is 2.60. The molecule has 3 aromatic rings. The number of para-hydroxylation sites is 1. The third kappa shape index (κ3) is 2.41. The lowest BCUT2D eigenvalue weighted by molar-refractivity contribution is 0.604. The van der Waals surface area contributed by atoms with Crippen molar-refractivity contribution < 1.29 is 4.42 Å². The average Bonchev–Trinajstić information content (AvgIpc) is 2.88. The number of nitrogens with zero attached hydrogens (tertiary/aromatic N) is 1. The number of hydrogen-bond donors (Lipinski definition) is 0. The Hall–Kier alpha value is -2.79. The second-order valence-electron chi connectivity index (χ2n) is 4.25. The van der Waals surface area contributed by atoms with Gasteiger partial charge in [0, 0.05) is 5.39 Å². The van der Waals surface area contributed by atoms with Crippen LogP contribution in [-0.2, 0) is 0 Å². The molecule has 2 heteroatoms. The first-order valence-corrected chi connectivity index (χ1v) is 6.02. The summed E-state index contributed by atoms with van der Waals surface area (Å²) in [4.78, 5) is 0. The molecule has 90 valence electrons. The summed E-state index contributed by atoms with van der Waals surface area (Å²) in [6.45, 7) is 0. The average molecular weight is 245 g/mol. The molecule has 2 aromatic carbocycles. The second-order valence-corrected chi connectivity index (χ2v) is 4.25. The number of nitriles is 1. The summed E-state index contributed by atoms with van der Waals surface area (Å²) in [6.07, 6.45) is 3.90. The number of rotatable bonds is 2. The van der Waals surface area contributed by atoms with Crippen LogP contribution in [0.25, 0.3) is 23.1 Å². The fourth-order valence-electron chi connectivity index (χ4n) is 1.93. The first-order valence-electron chi connectivity index (χ1n) is 6.02. The van der Waals surface area contributed by atoms with Gasteiger partial charge in [-0.25, -0.2) is 0 Å². The normalized spacial score (nSPS) is 10.9. The molecular weight excluding hydrogens is 234 g/mol. The van der Waals surface area contributed by atoms with Crippen molar-refractivity contribution in [1.82, 2.24) is 0 Å². The Bertz CT molecular complexity index is 740. The highest BCUT2D eigenvalue weighted by Gasteiger charge is 1.99. The fraction of sp³-hybridized carbons (Fsp3) is 0. The van der Waals surface area contributed by atoms with Gasteiger partial charge in [-0.05, 0) is 35.9 Å². The van der Waals surface area contributed by atoms with Crippen molar-refractivity contribution in [2.45, 2.75) is 0 Å². The molecule has 3 rings (SSSR count). The van der Waals surface area contributed by atoms with Crippen LogP contribution in [0.5, 0.6) is 0 Å². The van der Waals surface area contributed by atoms with E-state index in [9.17, 15) is 0 Å². The van der Waals surface area contributed by atoms with Gasteiger partial charge in [-0.1, -0.05) is 36.4 Å². The quantitative estimate of drug-likeness (QED) is 0.667. The van der Waals surface area contributed by atoms with Crippen molar-refractivity contribution in [2.75, 3.05) is 0 Å². The maximum atomic E-state index is 8.73. The van der Waals surface area contributed by atoms with Crippen LogP contribution in [-0.4, -0.2) is 0 Å². The van der Waals surface area contributed by atoms with Crippen LogP contribution in [0.2, 0.25) is 0 Å². The Kier molecular flexibility index (Phi) is 2.88. The van der Waals surface area contributed by atoms with Gasteiger partial charge in [0.15, 0.2) is 0 Å². The van der Waals surface area contributed by atoms with Crippen LogP contribution < -0.4 is 0 Å². The van der Waals surface area contributed by atoms with E-state index in [1.807, 2.05) is 54.6 Å². The predicted molar refractivity (Wildman–Crippen MR) is 76.3 cm³/mol. The molecule has 1 aromatic heterocycles. The van der Waals surface area contributed by atoms with E-state index in [1.165, 1.54) is 0 Å². The van der Waals surface area contributed by atoms with Crippen LogP contribution >= 0.6 is 0 Å². The standard InChI is InChI=1S/C17H11NO/c18-12-14-7-5-13(6-8-14)9-10-16-11-15-3-1-2-4-17(15)19-16/h1-11H/b10-9+. The third-order valence-corrected chi connectivity index (χ3v) is 2.92. The van der Waals surface area contributed by atoms with Crippen molar-refractivity contribution in [2.24, 2.45) is 0 Å². The molecule has 0 unspecified atom stereocenters. The lowest BCUT2D eigenvalue weighted by Crippen LogP contribution is -1.74. The minimum atomic E-state index is 0.667. The largest absolute Gasteiger partial charge is 0.457 e. The number of benzene rings is 2. The first-order chi connectivity index (χ1) is 9.35. The summed E-state index contributed by atoms with van der Waals surface area (Å²) in [6, 6.07) is 19.5. The van der Waals surface area contributed by atoms with E-state index in [4.69, 9.17) is 9.68 Å². The van der Waals surface area contributed by atoms with Gasteiger partial charge in [0.1, 0.15) is 11.3 Å². The van der Waals surface area contributed by atoms with E-state index < -0.39 is 0 Å². The molecule has 0 atom stereocenters. The summed E-state index contributed by atoms with van der Waals surface area (Å²) >= 11 is 0. The van der Waals surface area contributed by atoms with Gasteiger partial charge in [0.05, 0.1) is 11.6 Å². The monoisotopic (exact) mass is 245 g/mol. The van der Waals surface area contributed by atoms with Gasteiger partial charge >= 0.3 is 0 Å². The predicted octanol–water partition coefficient (Wildman–Crippen LogP) is 4.47. The van der Waals surface area contributed by atoms with E-state index >= 15 is 0 Å². The minimum absolute atomic E-state index is 0.667. The highest BCUT2D eigenvalue weighted by Crippen LogP contribution is 2.20. The van der Waals surface area contributed by atoms with Crippen molar-refractivity contribution in [3.63, 3.8) is 0 Å². The van der Waals surface area contributed by atoms with E-state index in [1.54, 1.807) is 12.1 Å². The van der Waals surface area contributed by atoms with Crippen molar-refractivity contribution in [3.8, 4) is 6.07 Å². The molecule has 0 aliphatic carbocycles. The zero-order valence-corrected chi connectivity index (χ0v) is 10.2. The lowest BCUT2D eigenvalue weighted by Gasteiger charge is -1.92. The van der Waals surface area contributed by atoms with Gasteiger partial charge in [-0.3, -0.25) is 0 Å². The highest BCUT2D eigenvalue weighted by atomic mass is 16.3. The molecule has 0 aliphatic heterocycles. The smallest absolute Gasteiger partial charge is 0.134 e. The van der Waals surface area contributed by atoms with Crippen LogP contribution in [0.15, 0.2) is 59.0 Å². The van der Waals surface area contributed by atoms with Crippen molar-refractivity contribution in [1.29, 1.82) is 5.26 Å². The van der Waals surface area contributed by atoms with Crippen LogP contribution in [0, 0.1) is 11.3 Å². The summed E-state index contributed by atoms with van der Waals surface area (Å²) in [7, 11) is 0. The summed E-state index contributed by atoms with van der Waals surface area (Å²) < 4.78 is 5.70. The minimum Gasteiger partial charge on any atom is -0.457 e. The third-order valence-electron chi connectivity index (χ3n) is 2.92. The maximum absolute atomic E-state index is 8.73. The zero-order chi connectivity index (χ0) is 13.1. The fourth-order valence-corrected chi connectivity index (χ4v) is 1.93. The molecule has 1 heterocycles. The Morgan fingerprint density at radius 3 is 2.47 bits per heavy atom. The molecule has 0 radical (unpaired) electrons. The topological polar surface area (TPSA) is 36.9 Å². The molecule has 0 spiro atoms. The molecule has 0 saturated carbocycles. The van der Waals surface area contributed by atoms with Crippen LogP contribution in [0.1, 0.15) is 16.9 Å². The van der Waals surface area contributed by atoms with Crippen LogP contribution in [0.4, 0.5) is 0 Å². The Morgan fingerprint density at radius 2 is 1.74 bits per heavy atom. The van der Waals surface area contributed by atoms with Crippen LogP contribution in [0.3, 0.4) is 0 Å². The van der Waals surface area contributed by atoms with Gasteiger partial charge in [-0.2, -0.15) is 5.26 Å². The van der Waals surface area contributed by atoms with Gasteiger partial charge in [-0.15, -0.1) is 0 Å². The molecule has 0 N–H and O–H groups in total. The maximum Gasteiger partial charge on any atom is 0.134 e. The summed E-state index contributed by atoms with van der Waals surface area (Å²) in [5, 5.41) is 9.83. The van der Waals surface area contributed by atoms with Crippen molar-refractivity contribution >= 4 is 23.1 Å². The molecule has 2 nitrogen and oxygen atoms in total. The molecule has 0 amide bonds. The van der Waals surface area contributed by atoms with E-state index in [-0.39, 0.29) is 0 Å². The first kappa shape index (κ1) is 11.3. The number of hydrogen-bond acceptors (Lipinski definition) is 2. The number of furan rings is 1. The van der Waals surface area contributed by atoms with Gasteiger partial charge in [0.2, 0.25) is 0 Å². The Balaban J connectivity index is 1.87. The second kappa shape index (κ2) is 4.83. The molecule has 0 bridgehead atoms. The molecule has 19 heavy (non-hydrogen) atoms. The Morgan fingerprint density at radius 1 is 0.947 bits per heavy atom. The van der Waals surface area contributed by atoms with E-state index in [0.29, 0.717) is 5.56 Å². The Labute approximate surface area is 111 Å².